The summed E-state index contributed by atoms with van der Waals surface area (Å²) in [5.41, 5.74) is 1.99. The Labute approximate surface area is 165 Å². The average Bonchev–Trinajstić information content (AvgIpc) is 3.40. The molecule has 1 amide bonds. The van der Waals surface area contributed by atoms with Crippen molar-refractivity contribution in [1.29, 1.82) is 0 Å². The van der Waals surface area contributed by atoms with Gasteiger partial charge in [0.15, 0.2) is 5.76 Å². The summed E-state index contributed by atoms with van der Waals surface area (Å²) in [4.78, 5) is 15.4. The highest BCUT2D eigenvalue weighted by atomic mass is 16.3. The van der Waals surface area contributed by atoms with Crippen molar-refractivity contribution < 1.29 is 9.21 Å². The lowest BCUT2D eigenvalue weighted by molar-refractivity contribution is 0.0930. The second-order valence-corrected chi connectivity index (χ2v) is 7.28. The summed E-state index contributed by atoms with van der Waals surface area (Å²) >= 11 is 0. The van der Waals surface area contributed by atoms with Crippen molar-refractivity contribution in [3.05, 3.63) is 60.5 Å². The minimum absolute atomic E-state index is 0.126. The van der Waals surface area contributed by atoms with E-state index in [4.69, 9.17) is 4.42 Å². The van der Waals surface area contributed by atoms with Crippen LogP contribution in [0.3, 0.4) is 0 Å². The van der Waals surface area contributed by atoms with Crippen LogP contribution in [0.4, 0.5) is 0 Å². The minimum atomic E-state index is -0.126. The van der Waals surface area contributed by atoms with Gasteiger partial charge < -0.3 is 9.73 Å². The van der Waals surface area contributed by atoms with Gasteiger partial charge in [0.1, 0.15) is 11.4 Å². The lowest BCUT2D eigenvalue weighted by atomic mass is 10.0. The van der Waals surface area contributed by atoms with Crippen LogP contribution in [0.1, 0.15) is 36.7 Å². The van der Waals surface area contributed by atoms with Gasteiger partial charge in [-0.05, 0) is 50.6 Å². The Kier molecular flexibility index (Phi) is 5.58. The number of hydrogen-bond donors (Lipinski definition) is 1. The predicted molar refractivity (Wildman–Crippen MR) is 108 cm³/mol. The minimum Gasteiger partial charge on any atom is -0.463 e. The van der Waals surface area contributed by atoms with E-state index in [1.165, 1.54) is 19.3 Å². The largest absolute Gasteiger partial charge is 0.463 e. The van der Waals surface area contributed by atoms with Gasteiger partial charge in [-0.2, -0.15) is 5.10 Å². The third-order valence-electron chi connectivity index (χ3n) is 5.34. The zero-order chi connectivity index (χ0) is 19.3. The van der Waals surface area contributed by atoms with Crippen molar-refractivity contribution in [3.8, 4) is 17.1 Å². The fourth-order valence-corrected chi connectivity index (χ4v) is 3.75. The van der Waals surface area contributed by atoms with Gasteiger partial charge in [-0.25, -0.2) is 4.68 Å². The van der Waals surface area contributed by atoms with Gasteiger partial charge in [0.2, 0.25) is 0 Å². The van der Waals surface area contributed by atoms with Crippen molar-refractivity contribution in [2.45, 2.75) is 32.2 Å². The molecular formula is C22H26N4O2. The Balaban J connectivity index is 1.51. The normalized spacial score (nSPS) is 17.5. The van der Waals surface area contributed by atoms with Crippen molar-refractivity contribution in [2.24, 2.45) is 0 Å². The fraction of sp³-hybridized carbons (Fsp3) is 0.364. The van der Waals surface area contributed by atoms with E-state index in [0.717, 1.165) is 18.8 Å². The molecule has 1 aliphatic heterocycles. The molecular weight excluding hydrogens is 352 g/mol. The Bertz CT molecular complexity index is 902. The summed E-state index contributed by atoms with van der Waals surface area (Å²) in [6.45, 7) is 4.87. The van der Waals surface area contributed by atoms with Crippen LogP contribution < -0.4 is 5.32 Å². The first kappa shape index (κ1) is 18.5. The first-order chi connectivity index (χ1) is 13.7. The molecule has 4 rings (SSSR count). The molecule has 0 spiro atoms. The number of furan rings is 1. The molecule has 1 N–H and O–H groups in total. The molecule has 1 atom stereocenters. The Morgan fingerprint density at radius 1 is 1.21 bits per heavy atom. The maximum absolute atomic E-state index is 12.9. The number of likely N-dealkylation sites (tertiary alicyclic amines) is 1. The zero-order valence-electron chi connectivity index (χ0n) is 16.2. The summed E-state index contributed by atoms with van der Waals surface area (Å²) in [5.74, 6) is 0.518. The molecule has 2 aromatic heterocycles. The molecule has 1 aromatic carbocycles. The van der Waals surface area contributed by atoms with Crippen LogP contribution in [0.15, 0.2) is 59.2 Å². The van der Waals surface area contributed by atoms with E-state index >= 15 is 0 Å². The number of aromatic nitrogens is 2. The molecule has 3 aromatic rings. The van der Waals surface area contributed by atoms with Crippen LogP contribution in [0.5, 0.6) is 0 Å². The quantitative estimate of drug-likeness (QED) is 0.710. The molecule has 0 radical (unpaired) electrons. The Morgan fingerprint density at radius 3 is 2.82 bits per heavy atom. The van der Waals surface area contributed by atoms with Gasteiger partial charge in [0.05, 0.1) is 12.0 Å². The van der Waals surface area contributed by atoms with Gasteiger partial charge in [0, 0.05) is 25.2 Å². The number of benzene rings is 1. The first-order valence-corrected chi connectivity index (χ1v) is 9.94. The number of para-hydroxylation sites is 1. The number of nitrogens with one attached hydrogen (secondary N) is 1. The zero-order valence-corrected chi connectivity index (χ0v) is 16.2. The monoisotopic (exact) mass is 378 g/mol. The maximum Gasteiger partial charge on any atom is 0.270 e. The number of amides is 1. The van der Waals surface area contributed by atoms with E-state index < -0.39 is 0 Å². The molecule has 1 aliphatic rings. The fourth-order valence-electron chi connectivity index (χ4n) is 3.75. The smallest absolute Gasteiger partial charge is 0.270 e. The number of carbonyl (C=O) groups is 1. The summed E-state index contributed by atoms with van der Waals surface area (Å²) in [7, 11) is 0. The van der Waals surface area contributed by atoms with Crippen molar-refractivity contribution >= 4 is 5.91 Å². The second kappa shape index (κ2) is 8.44. The van der Waals surface area contributed by atoms with Crippen LogP contribution in [0.2, 0.25) is 0 Å². The van der Waals surface area contributed by atoms with Crippen LogP contribution in [0.25, 0.3) is 17.1 Å². The van der Waals surface area contributed by atoms with E-state index in [-0.39, 0.29) is 5.91 Å². The van der Waals surface area contributed by atoms with E-state index in [0.29, 0.717) is 29.7 Å². The SMILES string of the molecule is C[C@@H]1CCCCN1CCNC(=O)c1cc(-c2ccco2)nn1-c1ccccc1. The molecule has 1 fully saturated rings. The molecule has 6 heteroatoms. The highest BCUT2D eigenvalue weighted by Crippen LogP contribution is 2.22. The molecule has 0 aliphatic carbocycles. The Morgan fingerprint density at radius 2 is 2.07 bits per heavy atom. The van der Waals surface area contributed by atoms with Crippen LogP contribution in [-0.4, -0.2) is 46.3 Å². The van der Waals surface area contributed by atoms with E-state index in [2.05, 4.69) is 22.2 Å². The third-order valence-corrected chi connectivity index (χ3v) is 5.34. The van der Waals surface area contributed by atoms with Crippen molar-refractivity contribution in [3.63, 3.8) is 0 Å². The molecule has 6 nitrogen and oxygen atoms in total. The van der Waals surface area contributed by atoms with Gasteiger partial charge in [-0.1, -0.05) is 24.6 Å². The summed E-state index contributed by atoms with van der Waals surface area (Å²) < 4.78 is 7.14. The van der Waals surface area contributed by atoms with Gasteiger partial charge in [0.25, 0.3) is 5.91 Å². The maximum atomic E-state index is 12.9. The summed E-state index contributed by atoms with van der Waals surface area (Å²) in [6.07, 6.45) is 5.39. The lowest BCUT2D eigenvalue weighted by Crippen LogP contribution is -2.42. The molecule has 3 heterocycles. The van der Waals surface area contributed by atoms with Crippen molar-refractivity contribution in [2.75, 3.05) is 19.6 Å². The molecule has 0 unspecified atom stereocenters. The number of rotatable bonds is 6. The first-order valence-electron chi connectivity index (χ1n) is 9.94. The van der Waals surface area contributed by atoms with Crippen LogP contribution in [0, 0.1) is 0 Å². The van der Waals surface area contributed by atoms with Gasteiger partial charge in [-0.15, -0.1) is 0 Å². The van der Waals surface area contributed by atoms with Crippen LogP contribution in [-0.2, 0) is 0 Å². The topological polar surface area (TPSA) is 63.3 Å². The Hall–Kier alpha value is -2.86. The predicted octanol–water partition coefficient (Wildman–Crippen LogP) is 3.74. The number of carbonyl (C=O) groups excluding carboxylic acids is 1. The standard InChI is InChI=1S/C22H26N4O2/c1-17-8-5-6-13-25(17)14-12-23-22(27)20-16-19(21-11-7-15-28-21)24-26(20)18-9-3-2-4-10-18/h2-4,7,9-11,15-17H,5-6,8,12-14H2,1H3,(H,23,27)/t17-/m1/s1. The number of piperidine rings is 1. The molecule has 146 valence electrons. The summed E-state index contributed by atoms with van der Waals surface area (Å²) in [6, 6.07) is 15.7. The lowest BCUT2D eigenvalue weighted by Gasteiger charge is -2.33. The second-order valence-electron chi connectivity index (χ2n) is 7.28. The van der Waals surface area contributed by atoms with E-state index in [1.807, 2.05) is 42.5 Å². The number of nitrogens with zero attached hydrogens (tertiary/aromatic N) is 3. The molecule has 1 saturated heterocycles. The summed E-state index contributed by atoms with van der Waals surface area (Å²) in [5, 5.41) is 7.67. The molecule has 0 saturated carbocycles. The average molecular weight is 378 g/mol. The van der Waals surface area contributed by atoms with E-state index in [1.54, 1.807) is 17.0 Å². The number of hydrogen-bond acceptors (Lipinski definition) is 4. The highest BCUT2D eigenvalue weighted by molar-refractivity contribution is 5.94. The molecule has 28 heavy (non-hydrogen) atoms. The van der Waals surface area contributed by atoms with Gasteiger partial charge >= 0.3 is 0 Å². The molecule has 0 bridgehead atoms. The van der Waals surface area contributed by atoms with Crippen molar-refractivity contribution in [1.82, 2.24) is 20.0 Å². The van der Waals surface area contributed by atoms with Gasteiger partial charge in [-0.3, -0.25) is 9.69 Å². The van der Waals surface area contributed by atoms with Crippen LogP contribution >= 0.6 is 0 Å². The third kappa shape index (κ3) is 4.02. The highest BCUT2D eigenvalue weighted by Gasteiger charge is 2.20. The van der Waals surface area contributed by atoms with E-state index in [9.17, 15) is 4.79 Å².